The van der Waals surface area contributed by atoms with Gasteiger partial charge >= 0.3 is 0 Å². The number of halogens is 2. The van der Waals surface area contributed by atoms with Gasteiger partial charge in [0.1, 0.15) is 0 Å². The minimum atomic E-state index is 0. The highest BCUT2D eigenvalue weighted by Crippen LogP contribution is 2.04. The van der Waals surface area contributed by atoms with E-state index in [0.29, 0.717) is 11.8 Å². The van der Waals surface area contributed by atoms with Crippen molar-refractivity contribution in [2.45, 2.75) is 32.7 Å². The van der Waals surface area contributed by atoms with Crippen LogP contribution >= 0.6 is 36.6 Å². The van der Waals surface area contributed by atoms with Crippen LogP contribution < -0.4 is 10.6 Å². The van der Waals surface area contributed by atoms with Crippen LogP contribution in [0.5, 0.6) is 0 Å². The van der Waals surface area contributed by atoms with Crippen LogP contribution in [-0.4, -0.2) is 61.1 Å². The van der Waals surface area contributed by atoms with E-state index in [1.165, 1.54) is 6.42 Å². The Labute approximate surface area is 140 Å². The molecule has 0 bridgehead atoms. The number of rotatable bonds is 8. The van der Waals surface area contributed by atoms with Crippen molar-refractivity contribution in [2.75, 3.05) is 44.2 Å². The highest BCUT2D eigenvalue weighted by Gasteiger charge is 2.14. The van der Waals surface area contributed by atoms with Gasteiger partial charge in [0.25, 0.3) is 0 Å². The van der Waals surface area contributed by atoms with Crippen LogP contribution in [0, 0.1) is 0 Å². The second-order valence-electron chi connectivity index (χ2n) is 4.69. The van der Waals surface area contributed by atoms with E-state index >= 15 is 0 Å². The number of nitrogens with zero attached hydrogens (tertiary/aromatic N) is 1. The zero-order valence-electron chi connectivity index (χ0n) is 12.5. The molecule has 2 N–H and O–H groups in total. The summed E-state index contributed by atoms with van der Waals surface area (Å²) >= 11 is 1.73. The van der Waals surface area contributed by atoms with Crippen molar-refractivity contribution in [1.29, 1.82) is 0 Å². The van der Waals surface area contributed by atoms with E-state index in [-0.39, 0.29) is 30.7 Å². The van der Waals surface area contributed by atoms with Crippen molar-refractivity contribution in [3.63, 3.8) is 0 Å². The largest absolute Gasteiger partial charge is 0.351 e. The Bertz CT molecular complexity index is 238. The van der Waals surface area contributed by atoms with Crippen LogP contribution in [0.3, 0.4) is 0 Å². The molecular weight excluding hydrogens is 317 g/mol. The fourth-order valence-corrected chi connectivity index (χ4v) is 2.94. The number of nitrogens with one attached hydrogen (secondary N) is 2. The van der Waals surface area contributed by atoms with Gasteiger partial charge in [-0.3, -0.25) is 4.79 Å². The molecule has 1 aliphatic rings. The van der Waals surface area contributed by atoms with Crippen LogP contribution in [0.25, 0.3) is 0 Å². The third-order valence-corrected chi connectivity index (χ3v) is 4.28. The van der Waals surface area contributed by atoms with Gasteiger partial charge in [0.15, 0.2) is 0 Å². The molecular formula is C13H29Cl2N3OS. The number of carbonyl (C=O) groups excluding carboxylic acids is 1. The maximum Gasteiger partial charge on any atom is 0.230 e. The molecule has 20 heavy (non-hydrogen) atoms. The molecule has 4 nitrogen and oxygen atoms in total. The standard InChI is InChI=1S/C13H27N3OS.2ClH/c1-3-16(4-2)8-9-18-11-13(17)15-12-6-5-7-14-10-12;;/h12,14H,3-11H2,1-2H3,(H,15,17);2*1H/t12-;;/m0../s1. The summed E-state index contributed by atoms with van der Waals surface area (Å²) < 4.78 is 0. The summed E-state index contributed by atoms with van der Waals surface area (Å²) in [5.41, 5.74) is 0. The van der Waals surface area contributed by atoms with E-state index in [9.17, 15) is 4.79 Å². The average Bonchev–Trinajstić information content (AvgIpc) is 2.40. The number of hydrogen-bond donors (Lipinski definition) is 2. The lowest BCUT2D eigenvalue weighted by Crippen LogP contribution is -2.46. The van der Waals surface area contributed by atoms with E-state index in [1.54, 1.807) is 11.8 Å². The molecule has 1 amide bonds. The Kier molecular flexibility index (Phi) is 16.1. The smallest absolute Gasteiger partial charge is 0.230 e. The summed E-state index contributed by atoms with van der Waals surface area (Å²) in [5, 5.41) is 6.41. The Morgan fingerprint density at radius 1 is 1.35 bits per heavy atom. The first-order chi connectivity index (χ1) is 8.76. The predicted molar refractivity (Wildman–Crippen MR) is 93.6 cm³/mol. The molecule has 1 fully saturated rings. The number of piperidine rings is 1. The van der Waals surface area contributed by atoms with Gasteiger partial charge in [0.2, 0.25) is 5.91 Å². The summed E-state index contributed by atoms with van der Waals surface area (Å²) in [6.07, 6.45) is 2.28. The maximum atomic E-state index is 11.7. The molecule has 1 heterocycles. The third-order valence-electron chi connectivity index (χ3n) is 3.34. The second-order valence-corrected chi connectivity index (χ2v) is 5.80. The predicted octanol–water partition coefficient (Wildman–Crippen LogP) is 1.77. The average molecular weight is 346 g/mol. The highest BCUT2D eigenvalue weighted by atomic mass is 35.5. The molecule has 0 saturated carbocycles. The lowest BCUT2D eigenvalue weighted by Gasteiger charge is -2.23. The lowest BCUT2D eigenvalue weighted by atomic mass is 10.1. The summed E-state index contributed by atoms with van der Waals surface area (Å²) in [7, 11) is 0. The molecule has 1 aliphatic heterocycles. The van der Waals surface area contributed by atoms with Gasteiger partial charge < -0.3 is 15.5 Å². The first kappa shape index (κ1) is 22.6. The van der Waals surface area contributed by atoms with Crippen LogP contribution in [0.2, 0.25) is 0 Å². The Morgan fingerprint density at radius 2 is 2.05 bits per heavy atom. The molecule has 0 aliphatic carbocycles. The fourth-order valence-electron chi connectivity index (χ4n) is 2.14. The maximum absolute atomic E-state index is 11.7. The van der Waals surface area contributed by atoms with E-state index in [1.807, 2.05) is 0 Å². The molecule has 0 spiro atoms. The second kappa shape index (κ2) is 14.3. The molecule has 1 atom stereocenters. The summed E-state index contributed by atoms with van der Waals surface area (Å²) in [4.78, 5) is 14.1. The zero-order chi connectivity index (χ0) is 13.2. The summed E-state index contributed by atoms with van der Waals surface area (Å²) in [5.74, 6) is 1.82. The molecule has 1 saturated heterocycles. The van der Waals surface area contributed by atoms with Gasteiger partial charge in [-0.15, -0.1) is 24.8 Å². The molecule has 0 unspecified atom stereocenters. The third kappa shape index (κ3) is 10.1. The molecule has 0 aromatic heterocycles. The Balaban J connectivity index is 0. The fraction of sp³-hybridized carbons (Fsp3) is 0.923. The zero-order valence-corrected chi connectivity index (χ0v) is 15.0. The van der Waals surface area contributed by atoms with Crippen LogP contribution in [-0.2, 0) is 4.79 Å². The van der Waals surface area contributed by atoms with Gasteiger partial charge in [-0.25, -0.2) is 0 Å². The normalized spacial score (nSPS) is 18.1. The molecule has 7 heteroatoms. The SMILES string of the molecule is CCN(CC)CCSCC(=O)N[C@H]1CCCNC1.Cl.Cl. The molecule has 0 radical (unpaired) electrons. The molecule has 1 rings (SSSR count). The van der Waals surface area contributed by atoms with Gasteiger partial charge in [0, 0.05) is 24.9 Å². The monoisotopic (exact) mass is 345 g/mol. The van der Waals surface area contributed by atoms with Crippen molar-refractivity contribution in [1.82, 2.24) is 15.5 Å². The number of amides is 1. The van der Waals surface area contributed by atoms with Crippen LogP contribution in [0.1, 0.15) is 26.7 Å². The van der Waals surface area contributed by atoms with E-state index in [0.717, 1.165) is 44.9 Å². The van der Waals surface area contributed by atoms with Crippen molar-refractivity contribution in [3.8, 4) is 0 Å². The molecule has 0 aromatic carbocycles. The Hall–Kier alpha value is 0.320. The lowest BCUT2D eigenvalue weighted by molar-refractivity contribution is -0.119. The number of carbonyl (C=O) groups is 1. The number of hydrogen-bond acceptors (Lipinski definition) is 4. The minimum Gasteiger partial charge on any atom is -0.351 e. The van der Waals surface area contributed by atoms with Crippen molar-refractivity contribution in [2.24, 2.45) is 0 Å². The first-order valence-corrected chi connectivity index (χ1v) is 8.21. The van der Waals surface area contributed by atoms with E-state index in [4.69, 9.17) is 0 Å². The van der Waals surface area contributed by atoms with Gasteiger partial charge in [-0.1, -0.05) is 13.8 Å². The van der Waals surface area contributed by atoms with Crippen molar-refractivity contribution in [3.05, 3.63) is 0 Å². The van der Waals surface area contributed by atoms with Gasteiger partial charge in [-0.05, 0) is 32.5 Å². The van der Waals surface area contributed by atoms with Gasteiger partial charge in [0.05, 0.1) is 5.75 Å². The summed E-state index contributed by atoms with van der Waals surface area (Å²) in [6.45, 7) is 9.64. The van der Waals surface area contributed by atoms with E-state index in [2.05, 4.69) is 29.4 Å². The molecule has 122 valence electrons. The van der Waals surface area contributed by atoms with Crippen LogP contribution in [0.4, 0.5) is 0 Å². The summed E-state index contributed by atoms with van der Waals surface area (Å²) in [6, 6.07) is 0.342. The first-order valence-electron chi connectivity index (χ1n) is 7.06. The molecule has 0 aromatic rings. The van der Waals surface area contributed by atoms with Gasteiger partial charge in [-0.2, -0.15) is 11.8 Å². The van der Waals surface area contributed by atoms with Crippen molar-refractivity contribution < 1.29 is 4.79 Å². The topological polar surface area (TPSA) is 44.4 Å². The number of thioether (sulfide) groups is 1. The quantitative estimate of drug-likeness (QED) is 0.658. The van der Waals surface area contributed by atoms with Crippen LogP contribution in [0.15, 0.2) is 0 Å². The van der Waals surface area contributed by atoms with Crippen molar-refractivity contribution >= 4 is 42.5 Å². The minimum absolute atomic E-state index is 0. The Morgan fingerprint density at radius 3 is 2.60 bits per heavy atom. The van der Waals surface area contributed by atoms with E-state index < -0.39 is 0 Å². The highest BCUT2D eigenvalue weighted by molar-refractivity contribution is 7.99.